The zero-order chi connectivity index (χ0) is 10.1. The van der Waals surface area contributed by atoms with Crippen molar-refractivity contribution in [3.8, 4) is 0 Å². The van der Waals surface area contributed by atoms with Crippen LogP contribution in [0.3, 0.4) is 0 Å². The molecule has 0 aromatic carbocycles. The lowest BCUT2D eigenvalue weighted by Gasteiger charge is -2.24. The second-order valence-electron chi connectivity index (χ2n) is 4.24. The fourth-order valence-electron chi connectivity index (χ4n) is 2.32. The van der Waals surface area contributed by atoms with Gasteiger partial charge in [-0.1, -0.05) is 19.1 Å². The zero-order valence-electron chi connectivity index (χ0n) is 8.23. The summed E-state index contributed by atoms with van der Waals surface area (Å²) < 4.78 is 4.56. The third-order valence-electron chi connectivity index (χ3n) is 3.05. The Balaban J connectivity index is 2.05. The van der Waals surface area contributed by atoms with E-state index in [0.29, 0.717) is 11.8 Å². The first-order chi connectivity index (χ1) is 6.66. The molecule has 3 nitrogen and oxygen atoms in total. The second kappa shape index (κ2) is 3.56. The molecule has 1 aliphatic carbocycles. The number of hydrogen-bond donors (Lipinski definition) is 0. The van der Waals surface area contributed by atoms with Gasteiger partial charge in [0, 0.05) is 0 Å². The smallest absolute Gasteiger partial charge is 0.317 e. The minimum Gasteiger partial charge on any atom is -0.393 e. The number of rotatable bonds is 1. The van der Waals surface area contributed by atoms with Crippen LogP contribution in [0.25, 0.3) is 0 Å². The first-order valence-corrected chi connectivity index (χ1v) is 5.08. The van der Waals surface area contributed by atoms with Crippen LogP contribution in [0.2, 0.25) is 0 Å². The number of cyclic esters (lactones) is 2. The third kappa shape index (κ3) is 1.72. The van der Waals surface area contributed by atoms with E-state index in [0.717, 1.165) is 12.8 Å². The lowest BCUT2D eigenvalue weighted by Crippen LogP contribution is -2.22. The van der Waals surface area contributed by atoms with Crippen LogP contribution in [-0.2, 0) is 14.3 Å². The van der Waals surface area contributed by atoms with Gasteiger partial charge in [0.2, 0.25) is 0 Å². The predicted molar refractivity (Wildman–Crippen MR) is 50.2 cm³/mol. The number of ether oxygens (including phenoxy) is 1. The van der Waals surface area contributed by atoms with Crippen molar-refractivity contribution in [2.45, 2.75) is 26.2 Å². The minimum absolute atomic E-state index is 0.185. The summed E-state index contributed by atoms with van der Waals surface area (Å²) in [5, 5.41) is 0. The highest BCUT2D eigenvalue weighted by molar-refractivity contribution is 5.94. The van der Waals surface area contributed by atoms with Gasteiger partial charge in [0.1, 0.15) is 0 Å². The van der Waals surface area contributed by atoms with Crippen molar-refractivity contribution in [2.75, 3.05) is 0 Å². The molecule has 1 fully saturated rings. The highest BCUT2D eigenvalue weighted by Crippen LogP contribution is 2.34. The van der Waals surface area contributed by atoms with Crippen molar-refractivity contribution >= 4 is 11.9 Å². The fraction of sp³-hybridized carbons (Fsp3) is 0.636. The van der Waals surface area contributed by atoms with Crippen LogP contribution >= 0.6 is 0 Å². The number of hydrogen-bond acceptors (Lipinski definition) is 3. The molecule has 76 valence electrons. The minimum atomic E-state index is -0.359. The summed E-state index contributed by atoms with van der Waals surface area (Å²) in [7, 11) is 0. The van der Waals surface area contributed by atoms with E-state index >= 15 is 0 Å². The van der Waals surface area contributed by atoms with Crippen LogP contribution in [-0.4, -0.2) is 11.9 Å². The van der Waals surface area contributed by atoms with Crippen molar-refractivity contribution < 1.29 is 14.3 Å². The normalized spacial score (nSPS) is 37.4. The largest absolute Gasteiger partial charge is 0.393 e. The Morgan fingerprint density at radius 3 is 2.79 bits per heavy atom. The second-order valence-corrected chi connectivity index (χ2v) is 4.24. The molecule has 3 unspecified atom stereocenters. The molecular formula is C11H14O3. The van der Waals surface area contributed by atoms with E-state index in [2.05, 4.69) is 23.8 Å². The van der Waals surface area contributed by atoms with E-state index in [1.807, 2.05) is 0 Å². The Morgan fingerprint density at radius 2 is 2.21 bits per heavy atom. The molecule has 0 N–H and O–H groups in total. The molecule has 0 saturated carbocycles. The number of carbonyl (C=O) groups excluding carboxylic acids is 2. The van der Waals surface area contributed by atoms with E-state index in [1.54, 1.807) is 0 Å². The average Bonchev–Trinajstić information content (AvgIpc) is 2.45. The summed E-state index contributed by atoms with van der Waals surface area (Å²) in [4.78, 5) is 22.3. The Bertz CT molecular complexity index is 293. The van der Waals surface area contributed by atoms with Crippen LogP contribution in [0.15, 0.2) is 12.2 Å². The van der Waals surface area contributed by atoms with Crippen LogP contribution in [0, 0.1) is 17.8 Å². The molecule has 0 radical (unpaired) electrons. The van der Waals surface area contributed by atoms with Gasteiger partial charge >= 0.3 is 11.9 Å². The molecule has 1 heterocycles. The standard InChI is InChI=1S/C11H14O3/c1-7-3-2-4-8(5-7)9-6-10(12)14-11(9)13/h2-3,7-9H,4-6H2,1H3. The SMILES string of the molecule is CC1C=CCC(C2CC(=O)OC2=O)C1. The van der Waals surface area contributed by atoms with Gasteiger partial charge in [-0.05, 0) is 24.7 Å². The summed E-state index contributed by atoms with van der Waals surface area (Å²) in [6.07, 6.45) is 6.44. The molecule has 0 spiro atoms. The lowest BCUT2D eigenvalue weighted by atomic mass is 9.78. The zero-order valence-corrected chi connectivity index (χ0v) is 8.23. The maximum atomic E-state index is 11.3. The lowest BCUT2D eigenvalue weighted by molar-refractivity contribution is -0.153. The molecule has 3 heteroatoms. The van der Waals surface area contributed by atoms with Crippen molar-refractivity contribution in [3.63, 3.8) is 0 Å². The molecule has 1 aliphatic heterocycles. The Labute approximate surface area is 83.1 Å². The summed E-state index contributed by atoms with van der Waals surface area (Å²) >= 11 is 0. The number of allylic oxidation sites excluding steroid dienone is 2. The van der Waals surface area contributed by atoms with E-state index in [4.69, 9.17) is 0 Å². The fourth-order valence-corrected chi connectivity index (χ4v) is 2.32. The Hall–Kier alpha value is -1.12. The van der Waals surface area contributed by atoms with Crippen LogP contribution < -0.4 is 0 Å². The van der Waals surface area contributed by atoms with Gasteiger partial charge in [-0.2, -0.15) is 0 Å². The Kier molecular flexibility index (Phi) is 2.40. The molecule has 0 bridgehead atoms. The average molecular weight is 194 g/mol. The summed E-state index contributed by atoms with van der Waals surface area (Å²) in [6.45, 7) is 2.13. The summed E-state index contributed by atoms with van der Waals surface area (Å²) in [5.41, 5.74) is 0. The van der Waals surface area contributed by atoms with Gasteiger partial charge in [-0.25, -0.2) is 0 Å². The molecule has 3 atom stereocenters. The van der Waals surface area contributed by atoms with Crippen molar-refractivity contribution in [1.29, 1.82) is 0 Å². The van der Waals surface area contributed by atoms with E-state index in [-0.39, 0.29) is 24.3 Å². The van der Waals surface area contributed by atoms with E-state index in [9.17, 15) is 9.59 Å². The molecule has 0 aromatic rings. The van der Waals surface area contributed by atoms with Crippen LogP contribution in [0.4, 0.5) is 0 Å². The van der Waals surface area contributed by atoms with Gasteiger partial charge in [0.15, 0.2) is 0 Å². The number of esters is 2. The van der Waals surface area contributed by atoms with Gasteiger partial charge in [-0.3, -0.25) is 9.59 Å². The van der Waals surface area contributed by atoms with E-state index in [1.165, 1.54) is 0 Å². The van der Waals surface area contributed by atoms with Gasteiger partial charge in [0.25, 0.3) is 0 Å². The predicted octanol–water partition coefficient (Wildman–Crippen LogP) is 1.68. The molecule has 1 saturated heterocycles. The van der Waals surface area contributed by atoms with Crippen molar-refractivity contribution in [3.05, 3.63) is 12.2 Å². The Morgan fingerprint density at radius 1 is 1.43 bits per heavy atom. The maximum Gasteiger partial charge on any atom is 0.317 e. The first kappa shape index (κ1) is 9.44. The highest BCUT2D eigenvalue weighted by atomic mass is 16.6. The molecule has 0 amide bonds. The van der Waals surface area contributed by atoms with Gasteiger partial charge in [-0.15, -0.1) is 0 Å². The quantitative estimate of drug-likeness (QED) is 0.362. The van der Waals surface area contributed by atoms with Crippen molar-refractivity contribution in [1.82, 2.24) is 0 Å². The first-order valence-electron chi connectivity index (χ1n) is 5.08. The van der Waals surface area contributed by atoms with Gasteiger partial charge < -0.3 is 4.74 Å². The highest BCUT2D eigenvalue weighted by Gasteiger charge is 2.39. The topological polar surface area (TPSA) is 43.4 Å². The molecule has 2 aliphatic rings. The molecule has 0 aromatic heterocycles. The van der Waals surface area contributed by atoms with Gasteiger partial charge in [0.05, 0.1) is 12.3 Å². The third-order valence-corrected chi connectivity index (χ3v) is 3.05. The van der Waals surface area contributed by atoms with Crippen LogP contribution in [0.1, 0.15) is 26.2 Å². The molecule has 2 rings (SSSR count). The summed E-state index contributed by atoms with van der Waals surface area (Å²) in [5.74, 6) is -0.0502. The maximum absolute atomic E-state index is 11.3. The summed E-state index contributed by atoms with van der Waals surface area (Å²) in [6, 6.07) is 0. The molecule has 14 heavy (non-hydrogen) atoms. The van der Waals surface area contributed by atoms with Crippen molar-refractivity contribution in [2.24, 2.45) is 17.8 Å². The molecular weight excluding hydrogens is 180 g/mol. The number of carbonyl (C=O) groups is 2. The van der Waals surface area contributed by atoms with E-state index < -0.39 is 0 Å². The monoisotopic (exact) mass is 194 g/mol. The van der Waals surface area contributed by atoms with Crippen LogP contribution in [0.5, 0.6) is 0 Å².